The molecule has 1 aliphatic heterocycles. The Morgan fingerprint density at radius 1 is 1.03 bits per heavy atom. The second-order valence-electron chi connectivity index (χ2n) is 9.56. The van der Waals surface area contributed by atoms with E-state index < -0.39 is 68.0 Å². The lowest BCUT2D eigenvalue weighted by Gasteiger charge is -2.64. The maximum absolute atomic E-state index is 14.0. The normalized spacial score (nSPS) is 41.1. The Morgan fingerprint density at radius 3 is 2.29 bits per heavy atom. The Kier molecular flexibility index (Phi) is 5.57. The van der Waals surface area contributed by atoms with E-state index >= 15 is 0 Å². The first-order valence-corrected chi connectivity index (χ1v) is 10.5. The number of halogens is 6. The van der Waals surface area contributed by atoms with Crippen molar-refractivity contribution in [3.63, 3.8) is 0 Å². The molecule has 5 nitrogen and oxygen atoms in total. The minimum atomic E-state index is -4.29. The number of hydrogen-bond acceptors (Lipinski definition) is 5. The van der Waals surface area contributed by atoms with Gasteiger partial charge in [-0.25, -0.2) is 13.6 Å². The molecule has 11 heteroatoms. The molecule has 5 rings (SSSR count). The second kappa shape index (κ2) is 7.48. The Balaban J connectivity index is 1.44. The largest absolute Gasteiger partial charge is 0.458 e. The van der Waals surface area contributed by atoms with Crippen LogP contribution < -0.4 is 0 Å². The number of hydrogen-bond donors (Lipinski definition) is 0. The standard InChI is InChI=1S/C20H26F6O5/c1-16(21,22)10-28-15(27)9-30-17-6-12-4-13(7-17)20(14(5-12)8-17)29-3-2-18(23,24)19(25,26)11-31-20/h12-14H,2-11H2,1H3. The van der Waals surface area contributed by atoms with Crippen molar-refractivity contribution in [2.24, 2.45) is 17.8 Å². The molecule has 0 radical (unpaired) electrons. The fourth-order valence-electron chi connectivity index (χ4n) is 5.84. The van der Waals surface area contributed by atoms with Gasteiger partial charge in [0.05, 0.1) is 12.2 Å². The molecule has 2 atom stereocenters. The lowest BCUT2D eigenvalue weighted by Crippen LogP contribution is -2.68. The van der Waals surface area contributed by atoms with Crippen LogP contribution in [0.25, 0.3) is 0 Å². The summed E-state index contributed by atoms with van der Waals surface area (Å²) < 4.78 is 103. The first kappa shape index (κ1) is 23.1. The molecule has 0 aromatic carbocycles. The van der Waals surface area contributed by atoms with Gasteiger partial charge in [0.25, 0.3) is 5.92 Å². The molecule has 1 heterocycles. The van der Waals surface area contributed by atoms with Gasteiger partial charge in [0, 0.05) is 25.2 Å². The third-order valence-corrected chi connectivity index (χ3v) is 7.01. The van der Waals surface area contributed by atoms with Crippen LogP contribution in [0.2, 0.25) is 0 Å². The average molecular weight is 460 g/mol. The number of ether oxygens (including phenoxy) is 4. The van der Waals surface area contributed by atoms with Crippen molar-refractivity contribution in [1.29, 1.82) is 0 Å². The second-order valence-corrected chi connectivity index (χ2v) is 9.56. The molecule has 4 saturated carbocycles. The van der Waals surface area contributed by atoms with Crippen LogP contribution in [0.15, 0.2) is 0 Å². The van der Waals surface area contributed by atoms with E-state index in [9.17, 15) is 31.1 Å². The Bertz CT molecular complexity index is 693. The van der Waals surface area contributed by atoms with Crippen molar-refractivity contribution in [3.8, 4) is 0 Å². The molecule has 178 valence electrons. The summed E-state index contributed by atoms with van der Waals surface area (Å²) in [6.07, 6.45) is 1.48. The Labute approximate surface area is 175 Å². The van der Waals surface area contributed by atoms with E-state index in [1.807, 2.05) is 0 Å². The summed E-state index contributed by atoms with van der Waals surface area (Å²) in [6.45, 7) is -2.89. The highest BCUT2D eigenvalue weighted by Gasteiger charge is 2.67. The predicted molar refractivity (Wildman–Crippen MR) is 93.0 cm³/mol. The first-order valence-electron chi connectivity index (χ1n) is 10.5. The molecule has 4 aliphatic carbocycles. The van der Waals surface area contributed by atoms with Crippen molar-refractivity contribution < 1.29 is 50.1 Å². The molecular formula is C20H26F6O5. The van der Waals surface area contributed by atoms with Gasteiger partial charge in [-0.3, -0.25) is 0 Å². The van der Waals surface area contributed by atoms with E-state index in [1.54, 1.807) is 0 Å². The molecule has 5 aliphatic rings. The summed E-state index contributed by atoms with van der Waals surface area (Å²) in [6, 6.07) is 0. The maximum Gasteiger partial charge on any atom is 0.333 e. The van der Waals surface area contributed by atoms with Crippen molar-refractivity contribution >= 4 is 5.97 Å². The zero-order valence-electron chi connectivity index (χ0n) is 17.1. The number of rotatable bonds is 5. The zero-order valence-corrected chi connectivity index (χ0v) is 17.1. The van der Waals surface area contributed by atoms with Crippen LogP contribution in [0.3, 0.4) is 0 Å². The summed E-state index contributed by atoms with van der Waals surface area (Å²) >= 11 is 0. The molecule has 0 N–H and O–H groups in total. The number of carbonyl (C=O) groups excluding carboxylic acids is 1. The highest BCUT2D eigenvalue weighted by Crippen LogP contribution is 2.63. The van der Waals surface area contributed by atoms with E-state index in [0.29, 0.717) is 39.0 Å². The Morgan fingerprint density at radius 2 is 1.68 bits per heavy atom. The van der Waals surface area contributed by atoms with Crippen LogP contribution in [-0.4, -0.2) is 61.6 Å². The van der Waals surface area contributed by atoms with E-state index in [-0.39, 0.29) is 17.8 Å². The monoisotopic (exact) mass is 460 g/mol. The maximum atomic E-state index is 14.0. The van der Waals surface area contributed by atoms with Gasteiger partial charge in [-0.1, -0.05) is 0 Å². The summed E-state index contributed by atoms with van der Waals surface area (Å²) in [5.74, 6) is -14.4. The molecule has 0 aromatic rings. The highest BCUT2D eigenvalue weighted by molar-refractivity contribution is 5.70. The zero-order chi connectivity index (χ0) is 22.7. The molecular weight excluding hydrogens is 434 g/mol. The predicted octanol–water partition coefficient (Wildman–Crippen LogP) is 4.18. The molecule has 2 unspecified atom stereocenters. The smallest absolute Gasteiger partial charge is 0.333 e. The molecule has 1 saturated heterocycles. The SMILES string of the molecule is CC(F)(F)COC(=O)COC12CC3CC(C1)C1(OCCC(F)(F)C(F)(F)CO1)C(C3)C2. The Hall–Kier alpha value is -1.07. The fourth-order valence-corrected chi connectivity index (χ4v) is 5.84. The fraction of sp³-hybridized carbons (Fsp3) is 0.950. The first-order chi connectivity index (χ1) is 14.3. The third kappa shape index (κ3) is 4.29. The molecule has 5 fully saturated rings. The minimum Gasteiger partial charge on any atom is -0.458 e. The van der Waals surface area contributed by atoms with Gasteiger partial charge in [-0.2, -0.15) is 17.6 Å². The van der Waals surface area contributed by atoms with Crippen molar-refractivity contribution in [1.82, 2.24) is 0 Å². The lowest BCUT2D eigenvalue weighted by atomic mass is 9.51. The summed E-state index contributed by atoms with van der Waals surface area (Å²) in [7, 11) is 0. The van der Waals surface area contributed by atoms with Crippen LogP contribution in [0.5, 0.6) is 0 Å². The van der Waals surface area contributed by atoms with Gasteiger partial charge in [0.15, 0.2) is 12.4 Å². The van der Waals surface area contributed by atoms with Crippen LogP contribution in [0, 0.1) is 17.8 Å². The van der Waals surface area contributed by atoms with Crippen molar-refractivity contribution in [2.45, 2.75) is 74.6 Å². The minimum absolute atomic E-state index is 0.193. The molecule has 4 bridgehead atoms. The quantitative estimate of drug-likeness (QED) is 0.455. The average Bonchev–Trinajstić information content (AvgIpc) is 2.64. The van der Waals surface area contributed by atoms with Crippen LogP contribution >= 0.6 is 0 Å². The topological polar surface area (TPSA) is 54.0 Å². The molecule has 31 heavy (non-hydrogen) atoms. The third-order valence-electron chi connectivity index (χ3n) is 7.01. The summed E-state index contributed by atoms with van der Waals surface area (Å²) in [4.78, 5) is 11.8. The van der Waals surface area contributed by atoms with Gasteiger partial charge in [0.1, 0.15) is 13.2 Å². The van der Waals surface area contributed by atoms with E-state index in [0.717, 1.165) is 0 Å². The van der Waals surface area contributed by atoms with Gasteiger partial charge in [0.2, 0.25) is 0 Å². The van der Waals surface area contributed by atoms with E-state index in [4.69, 9.17) is 14.2 Å². The van der Waals surface area contributed by atoms with Gasteiger partial charge >= 0.3 is 17.8 Å². The number of carbonyl (C=O) groups is 1. The molecule has 1 spiro atoms. The number of alkyl halides is 6. The summed E-state index contributed by atoms with van der Waals surface area (Å²) in [5.41, 5.74) is -0.739. The van der Waals surface area contributed by atoms with Gasteiger partial charge < -0.3 is 18.9 Å². The van der Waals surface area contributed by atoms with Crippen molar-refractivity contribution in [3.05, 3.63) is 0 Å². The van der Waals surface area contributed by atoms with Crippen LogP contribution in [0.4, 0.5) is 26.3 Å². The van der Waals surface area contributed by atoms with Crippen molar-refractivity contribution in [2.75, 3.05) is 26.4 Å². The molecule has 0 aromatic heterocycles. The van der Waals surface area contributed by atoms with Crippen LogP contribution in [-0.2, 0) is 23.7 Å². The lowest BCUT2D eigenvalue weighted by molar-refractivity contribution is -0.392. The van der Waals surface area contributed by atoms with Crippen LogP contribution in [0.1, 0.15) is 45.4 Å². The van der Waals surface area contributed by atoms with E-state index in [2.05, 4.69) is 4.74 Å². The van der Waals surface area contributed by atoms with E-state index in [1.165, 1.54) is 0 Å². The van der Waals surface area contributed by atoms with Gasteiger partial charge in [-0.15, -0.1) is 0 Å². The number of esters is 1. The van der Waals surface area contributed by atoms with Gasteiger partial charge in [-0.05, 0) is 38.0 Å². The highest BCUT2D eigenvalue weighted by atomic mass is 19.3. The molecule has 0 amide bonds. The summed E-state index contributed by atoms with van der Waals surface area (Å²) in [5, 5.41) is 0.